The molecule has 84 valence electrons. The van der Waals surface area contributed by atoms with Crippen LogP contribution in [0.15, 0.2) is 24.3 Å². The molecule has 0 aromatic heterocycles. The summed E-state index contributed by atoms with van der Waals surface area (Å²) < 4.78 is 0. The minimum Gasteiger partial charge on any atom is -0.330 e. The normalized spacial score (nSPS) is 13.1. The van der Waals surface area contributed by atoms with E-state index in [0.717, 1.165) is 13.0 Å². The van der Waals surface area contributed by atoms with Crippen molar-refractivity contribution in [1.82, 2.24) is 0 Å². The van der Waals surface area contributed by atoms with Gasteiger partial charge >= 0.3 is 0 Å². The average Bonchev–Trinajstić information content (AvgIpc) is 2.26. The number of nitrogens with two attached hydrogens (primary N) is 1. The van der Waals surface area contributed by atoms with Gasteiger partial charge in [0.15, 0.2) is 0 Å². The fourth-order valence-electron chi connectivity index (χ4n) is 1.64. The molecule has 0 saturated carbocycles. The van der Waals surface area contributed by atoms with Crippen LogP contribution in [0.3, 0.4) is 0 Å². The van der Waals surface area contributed by atoms with Gasteiger partial charge in [0.05, 0.1) is 0 Å². The van der Waals surface area contributed by atoms with Crippen LogP contribution in [-0.2, 0) is 6.42 Å². The van der Waals surface area contributed by atoms with Crippen molar-refractivity contribution < 1.29 is 0 Å². The van der Waals surface area contributed by atoms with Crippen molar-refractivity contribution in [3.05, 3.63) is 35.4 Å². The number of rotatable bonds is 5. The van der Waals surface area contributed by atoms with Gasteiger partial charge in [0.1, 0.15) is 0 Å². The first-order chi connectivity index (χ1) is 7.13. The molecule has 1 nitrogen and oxygen atoms in total. The summed E-state index contributed by atoms with van der Waals surface area (Å²) in [7, 11) is 0. The van der Waals surface area contributed by atoms with Crippen molar-refractivity contribution in [1.29, 1.82) is 0 Å². The lowest BCUT2D eigenvalue weighted by atomic mass is 9.96. The van der Waals surface area contributed by atoms with Gasteiger partial charge in [0, 0.05) is 0 Å². The van der Waals surface area contributed by atoms with Gasteiger partial charge in [-0.05, 0) is 42.3 Å². The van der Waals surface area contributed by atoms with E-state index >= 15 is 0 Å². The zero-order chi connectivity index (χ0) is 11.3. The third kappa shape index (κ3) is 4.05. The van der Waals surface area contributed by atoms with Gasteiger partial charge < -0.3 is 5.73 Å². The van der Waals surface area contributed by atoms with E-state index in [2.05, 4.69) is 45.0 Å². The number of aryl methyl sites for hydroxylation is 1. The minimum atomic E-state index is 0.622. The highest BCUT2D eigenvalue weighted by atomic mass is 14.5. The van der Waals surface area contributed by atoms with Crippen molar-refractivity contribution in [3.63, 3.8) is 0 Å². The van der Waals surface area contributed by atoms with E-state index in [1.165, 1.54) is 17.5 Å². The van der Waals surface area contributed by atoms with E-state index in [1.54, 1.807) is 0 Å². The molecular weight excluding hydrogens is 182 g/mol. The Morgan fingerprint density at radius 2 is 1.93 bits per heavy atom. The van der Waals surface area contributed by atoms with E-state index in [-0.39, 0.29) is 0 Å². The fraction of sp³-hybridized carbons (Fsp3) is 0.571. The van der Waals surface area contributed by atoms with Crippen LogP contribution in [0.4, 0.5) is 0 Å². The molecule has 0 spiro atoms. The summed E-state index contributed by atoms with van der Waals surface area (Å²) in [6.45, 7) is 7.49. The van der Waals surface area contributed by atoms with E-state index in [0.29, 0.717) is 11.8 Å². The van der Waals surface area contributed by atoms with Gasteiger partial charge in [0.25, 0.3) is 0 Å². The summed E-state index contributed by atoms with van der Waals surface area (Å²) in [5, 5.41) is 0. The molecule has 1 aromatic rings. The summed E-state index contributed by atoms with van der Waals surface area (Å²) in [6.07, 6.45) is 2.34. The Labute approximate surface area is 93.7 Å². The molecule has 1 heteroatoms. The van der Waals surface area contributed by atoms with E-state index in [1.807, 2.05) is 0 Å². The Balaban J connectivity index is 2.58. The molecule has 1 rings (SSSR count). The largest absolute Gasteiger partial charge is 0.330 e. The maximum atomic E-state index is 5.61. The standard InChI is InChI=1S/C14H23N/c1-11(2)14-6-4-5-13(9-14)8-7-12(3)10-15/h4-6,9,11-12H,7-8,10,15H2,1-3H3. The first-order valence-electron chi connectivity index (χ1n) is 5.92. The van der Waals surface area contributed by atoms with E-state index in [9.17, 15) is 0 Å². The van der Waals surface area contributed by atoms with Crippen LogP contribution in [0.1, 0.15) is 44.2 Å². The lowest BCUT2D eigenvalue weighted by Gasteiger charge is -2.10. The molecule has 0 amide bonds. The Morgan fingerprint density at radius 1 is 1.20 bits per heavy atom. The van der Waals surface area contributed by atoms with Crippen LogP contribution in [0.25, 0.3) is 0 Å². The number of hydrogen-bond acceptors (Lipinski definition) is 1. The molecule has 0 heterocycles. The van der Waals surface area contributed by atoms with Crippen LogP contribution < -0.4 is 5.73 Å². The van der Waals surface area contributed by atoms with Crippen molar-refractivity contribution in [3.8, 4) is 0 Å². The second-order valence-corrected chi connectivity index (χ2v) is 4.78. The zero-order valence-corrected chi connectivity index (χ0v) is 10.2. The number of hydrogen-bond donors (Lipinski definition) is 1. The summed E-state index contributed by atoms with van der Waals surface area (Å²) in [4.78, 5) is 0. The molecule has 0 aliphatic rings. The highest BCUT2D eigenvalue weighted by molar-refractivity contribution is 5.25. The SMILES string of the molecule is CC(CN)CCc1cccc(C(C)C)c1. The Bertz CT molecular complexity index is 291. The predicted octanol–water partition coefficient (Wildman–Crippen LogP) is 3.34. The van der Waals surface area contributed by atoms with Gasteiger partial charge in [-0.15, -0.1) is 0 Å². The molecule has 15 heavy (non-hydrogen) atoms. The quantitative estimate of drug-likeness (QED) is 0.784. The van der Waals surface area contributed by atoms with Gasteiger partial charge in [-0.25, -0.2) is 0 Å². The first kappa shape index (κ1) is 12.3. The molecular formula is C14H23N. The van der Waals surface area contributed by atoms with Gasteiger partial charge in [-0.3, -0.25) is 0 Å². The Hall–Kier alpha value is -0.820. The van der Waals surface area contributed by atoms with Crippen molar-refractivity contribution in [2.24, 2.45) is 11.7 Å². The van der Waals surface area contributed by atoms with Crippen LogP contribution in [0, 0.1) is 5.92 Å². The monoisotopic (exact) mass is 205 g/mol. The van der Waals surface area contributed by atoms with Crippen LogP contribution in [-0.4, -0.2) is 6.54 Å². The van der Waals surface area contributed by atoms with Crippen molar-refractivity contribution in [2.45, 2.75) is 39.5 Å². The van der Waals surface area contributed by atoms with E-state index in [4.69, 9.17) is 5.73 Å². The maximum absolute atomic E-state index is 5.61. The van der Waals surface area contributed by atoms with Crippen LogP contribution in [0.5, 0.6) is 0 Å². The third-order valence-electron chi connectivity index (χ3n) is 2.95. The fourth-order valence-corrected chi connectivity index (χ4v) is 1.64. The van der Waals surface area contributed by atoms with Gasteiger partial charge in [0.2, 0.25) is 0 Å². The average molecular weight is 205 g/mol. The molecule has 0 radical (unpaired) electrons. The van der Waals surface area contributed by atoms with Crippen molar-refractivity contribution >= 4 is 0 Å². The minimum absolute atomic E-state index is 0.622. The molecule has 0 saturated heterocycles. The first-order valence-corrected chi connectivity index (χ1v) is 5.92. The Kier molecular flexibility index (Phi) is 4.83. The molecule has 0 aliphatic heterocycles. The number of benzene rings is 1. The summed E-state index contributed by atoms with van der Waals surface area (Å²) >= 11 is 0. The molecule has 1 aromatic carbocycles. The lowest BCUT2D eigenvalue weighted by molar-refractivity contribution is 0.544. The summed E-state index contributed by atoms with van der Waals surface area (Å²) in [5.74, 6) is 1.25. The highest BCUT2D eigenvalue weighted by Gasteiger charge is 2.02. The highest BCUT2D eigenvalue weighted by Crippen LogP contribution is 2.17. The summed E-state index contributed by atoms with van der Waals surface area (Å²) in [6, 6.07) is 8.92. The second-order valence-electron chi connectivity index (χ2n) is 4.78. The van der Waals surface area contributed by atoms with Crippen molar-refractivity contribution in [2.75, 3.05) is 6.54 Å². The van der Waals surface area contributed by atoms with Crippen LogP contribution >= 0.6 is 0 Å². The third-order valence-corrected chi connectivity index (χ3v) is 2.95. The smallest absolute Gasteiger partial charge is 0.00514 e. The molecule has 2 N–H and O–H groups in total. The van der Waals surface area contributed by atoms with Crippen LogP contribution in [0.2, 0.25) is 0 Å². The molecule has 0 fully saturated rings. The maximum Gasteiger partial charge on any atom is -0.00514 e. The predicted molar refractivity (Wildman–Crippen MR) is 67.1 cm³/mol. The van der Waals surface area contributed by atoms with Gasteiger partial charge in [-0.2, -0.15) is 0 Å². The second kappa shape index (κ2) is 5.92. The molecule has 1 atom stereocenters. The topological polar surface area (TPSA) is 26.0 Å². The molecule has 0 bridgehead atoms. The molecule has 1 unspecified atom stereocenters. The van der Waals surface area contributed by atoms with E-state index < -0.39 is 0 Å². The summed E-state index contributed by atoms with van der Waals surface area (Å²) in [5.41, 5.74) is 8.50. The zero-order valence-electron chi connectivity index (χ0n) is 10.2. The lowest BCUT2D eigenvalue weighted by Crippen LogP contribution is -2.11. The van der Waals surface area contributed by atoms with Gasteiger partial charge in [-0.1, -0.05) is 45.0 Å². The Morgan fingerprint density at radius 3 is 2.53 bits per heavy atom. The molecule has 0 aliphatic carbocycles.